The molecule has 0 saturated heterocycles. The summed E-state index contributed by atoms with van der Waals surface area (Å²) < 4.78 is 9.45. The van der Waals surface area contributed by atoms with Gasteiger partial charge in [0.15, 0.2) is 0 Å². The van der Waals surface area contributed by atoms with E-state index < -0.39 is 0 Å². The lowest BCUT2D eigenvalue weighted by molar-refractivity contribution is 0.277. The van der Waals surface area contributed by atoms with Crippen molar-refractivity contribution in [2.75, 3.05) is 6.61 Å². The van der Waals surface area contributed by atoms with Crippen molar-refractivity contribution in [3.63, 3.8) is 0 Å². The van der Waals surface area contributed by atoms with Crippen LogP contribution in [-0.4, -0.2) is 26.2 Å². The Morgan fingerprint density at radius 1 is 1.25 bits per heavy atom. The number of fused-ring (bicyclic) bond motifs is 1. The average Bonchev–Trinajstić information content (AvgIpc) is 3.27. The minimum atomic E-state index is -0.174. The van der Waals surface area contributed by atoms with E-state index in [9.17, 15) is 4.79 Å². The SMILES string of the molecule is Cn1nc(OC[C@H]2C[C@@H]2c2nn(C)c3ccccc23)cc(Br)c1=O. The van der Waals surface area contributed by atoms with Gasteiger partial charge in [-0.1, -0.05) is 18.2 Å². The second-order valence-electron chi connectivity index (χ2n) is 6.20. The van der Waals surface area contributed by atoms with Gasteiger partial charge in [-0.3, -0.25) is 9.48 Å². The largest absolute Gasteiger partial charge is 0.476 e. The van der Waals surface area contributed by atoms with E-state index in [2.05, 4.69) is 38.3 Å². The highest BCUT2D eigenvalue weighted by Gasteiger charge is 2.41. The molecule has 0 bridgehead atoms. The van der Waals surface area contributed by atoms with Gasteiger partial charge in [-0.05, 0) is 28.4 Å². The van der Waals surface area contributed by atoms with Crippen LogP contribution < -0.4 is 10.3 Å². The second-order valence-corrected chi connectivity index (χ2v) is 7.05. The average molecular weight is 389 g/mol. The molecule has 0 aliphatic heterocycles. The summed E-state index contributed by atoms with van der Waals surface area (Å²) in [5.41, 5.74) is 2.13. The molecule has 1 fully saturated rings. The van der Waals surface area contributed by atoms with Crippen molar-refractivity contribution in [3.8, 4) is 5.88 Å². The minimum Gasteiger partial charge on any atom is -0.476 e. The third kappa shape index (κ3) is 2.62. The minimum absolute atomic E-state index is 0.174. The predicted octanol–water partition coefficient (Wildman–Crippen LogP) is 2.61. The number of aryl methyl sites for hydroxylation is 2. The first-order valence-corrected chi connectivity index (χ1v) is 8.62. The topological polar surface area (TPSA) is 61.9 Å². The van der Waals surface area contributed by atoms with Crippen molar-refractivity contribution in [1.29, 1.82) is 0 Å². The maximum Gasteiger partial charge on any atom is 0.281 e. The summed E-state index contributed by atoms with van der Waals surface area (Å²) in [6.45, 7) is 0.577. The number of benzene rings is 1. The fraction of sp³-hybridized carbons (Fsp3) is 0.353. The Hall–Kier alpha value is -2.15. The number of halogens is 1. The Balaban J connectivity index is 1.48. The molecule has 0 spiro atoms. The highest BCUT2D eigenvalue weighted by molar-refractivity contribution is 9.10. The first-order chi connectivity index (χ1) is 11.5. The molecule has 1 aromatic carbocycles. The fourth-order valence-electron chi connectivity index (χ4n) is 3.09. The highest BCUT2D eigenvalue weighted by atomic mass is 79.9. The number of aromatic nitrogens is 4. The summed E-state index contributed by atoms with van der Waals surface area (Å²) in [6, 6.07) is 9.92. The summed E-state index contributed by atoms with van der Waals surface area (Å²) in [4.78, 5) is 11.6. The standard InChI is InChI=1S/C17H17BrN4O2/c1-21-14-6-4-3-5-11(14)16(20-21)12-7-10(12)9-24-15-8-13(18)17(23)22(2)19-15/h3-6,8,10,12H,7,9H2,1-2H3/t10-,12+/m1/s1. The zero-order chi connectivity index (χ0) is 16.8. The second kappa shape index (κ2) is 5.73. The third-order valence-electron chi connectivity index (χ3n) is 4.50. The first-order valence-electron chi connectivity index (χ1n) is 7.83. The van der Waals surface area contributed by atoms with Crippen molar-refractivity contribution in [2.45, 2.75) is 12.3 Å². The Morgan fingerprint density at radius 2 is 2.04 bits per heavy atom. The summed E-state index contributed by atoms with van der Waals surface area (Å²) in [5, 5.41) is 10.0. The van der Waals surface area contributed by atoms with Gasteiger partial charge in [0.1, 0.15) is 0 Å². The van der Waals surface area contributed by atoms with E-state index in [1.807, 2.05) is 23.9 Å². The van der Waals surface area contributed by atoms with Crippen LogP contribution >= 0.6 is 15.9 Å². The lowest BCUT2D eigenvalue weighted by Gasteiger charge is -2.06. The van der Waals surface area contributed by atoms with Crippen LogP contribution in [0.25, 0.3) is 10.9 Å². The zero-order valence-electron chi connectivity index (χ0n) is 13.4. The Morgan fingerprint density at radius 3 is 2.83 bits per heavy atom. The van der Waals surface area contributed by atoms with E-state index in [4.69, 9.17) is 4.74 Å². The van der Waals surface area contributed by atoms with E-state index in [0.717, 1.165) is 17.6 Å². The van der Waals surface area contributed by atoms with Crippen LogP contribution in [0.5, 0.6) is 5.88 Å². The molecule has 2 aromatic heterocycles. The predicted molar refractivity (Wildman–Crippen MR) is 94.2 cm³/mol. The van der Waals surface area contributed by atoms with Gasteiger partial charge in [0, 0.05) is 37.4 Å². The van der Waals surface area contributed by atoms with Crippen molar-refractivity contribution in [3.05, 3.63) is 50.9 Å². The molecule has 1 aliphatic carbocycles. The number of rotatable bonds is 4. The molecule has 2 heterocycles. The van der Waals surface area contributed by atoms with Crippen molar-refractivity contribution < 1.29 is 4.74 Å². The molecule has 0 amide bonds. The molecular weight excluding hydrogens is 372 g/mol. The van der Waals surface area contributed by atoms with Crippen LogP contribution in [0.4, 0.5) is 0 Å². The Bertz CT molecular complexity index is 952. The van der Waals surface area contributed by atoms with Gasteiger partial charge >= 0.3 is 0 Å². The lowest BCUT2D eigenvalue weighted by atomic mass is 10.1. The Kier molecular flexibility index (Phi) is 3.68. The normalized spacial score (nSPS) is 19.6. The quantitative estimate of drug-likeness (QED) is 0.688. The number of hydrogen-bond donors (Lipinski definition) is 0. The van der Waals surface area contributed by atoms with Crippen LogP contribution in [0, 0.1) is 5.92 Å². The van der Waals surface area contributed by atoms with Crippen molar-refractivity contribution in [2.24, 2.45) is 20.0 Å². The van der Waals surface area contributed by atoms with E-state index in [-0.39, 0.29) is 5.56 Å². The van der Waals surface area contributed by atoms with Crippen molar-refractivity contribution in [1.82, 2.24) is 19.6 Å². The molecule has 24 heavy (non-hydrogen) atoms. The van der Waals surface area contributed by atoms with E-state index in [0.29, 0.717) is 28.8 Å². The van der Waals surface area contributed by atoms with Crippen LogP contribution in [0.1, 0.15) is 18.0 Å². The first kappa shape index (κ1) is 15.4. The van der Waals surface area contributed by atoms with Gasteiger partial charge in [0.25, 0.3) is 5.56 Å². The molecule has 1 saturated carbocycles. The molecule has 7 heteroatoms. The maximum atomic E-state index is 11.6. The molecule has 124 valence electrons. The van der Waals surface area contributed by atoms with Gasteiger partial charge in [0.05, 0.1) is 22.3 Å². The number of nitrogens with zero attached hydrogens (tertiary/aromatic N) is 4. The smallest absolute Gasteiger partial charge is 0.281 e. The lowest BCUT2D eigenvalue weighted by Crippen LogP contribution is -2.20. The summed E-state index contributed by atoms with van der Waals surface area (Å²) >= 11 is 3.23. The fourth-order valence-corrected chi connectivity index (χ4v) is 3.54. The summed E-state index contributed by atoms with van der Waals surface area (Å²) in [7, 11) is 3.59. The third-order valence-corrected chi connectivity index (χ3v) is 5.07. The van der Waals surface area contributed by atoms with Gasteiger partial charge in [-0.15, -0.1) is 5.10 Å². The Labute approximate surface area is 147 Å². The molecule has 1 aliphatic rings. The summed E-state index contributed by atoms with van der Waals surface area (Å²) in [6.07, 6.45) is 1.06. The van der Waals surface area contributed by atoms with Gasteiger partial charge in [0.2, 0.25) is 5.88 Å². The molecule has 3 aromatic rings. The molecule has 2 atom stereocenters. The number of hydrogen-bond acceptors (Lipinski definition) is 4. The summed E-state index contributed by atoms with van der Waals surface area (Å²) in [5.74, 6) is 1.31. The maximum absolute atomic E-state index is 11.6. The van der Waals surface area contributed by atoms with E-state index in [1.54, 1.807) is 13.1 Å². The molecular formula is C17H17BrN4O2. The number of para-hydroxylation sites is 1. The van der Waals surface area contributed by atoms with E-state index >= 15 is 0 Å². The highest BCUT2D eigenvalue weighted by Crippen LogP contribution is 2.48. The monoisotopic (exact) mass is 388 g/mol. The van der Waals surface area contributed by atoms with Crippen LogP contribution in [0.3, 0.4) is 0 Å². The molecule has 0 radical (unpaired) electrons. The van der Waals surface area contributed by atoms with Gasteiger partial charge in [-0.25, -0.2) is 4.68 Å². The van der Waals surface area contributed by atoms with Crippen molar-refractivity contribution >= 4 is 26.8 Å². The number of ether oxygens (including phenoxy) is 1. The van der Waals surface area contributed by atoms with Crippen LogP contribution in [0.2, 0.25) is 0 Å². The van der Waals surface area contributed by atoms with Crippen LogP contribution in [0.15, 0.2) is 39.6 Å². The van der Waals surface area contributed by atoms with Crippen LogP contribution in [-0.2, 0) is 14.1 Å². The zero-order valence-corrected chi connectivity index (χ0v) is 15.0. The van der Waals surface area contributed by atoms with Gasteiger partial charge in [-0.2, -0.15) is 5.10 Å². The molecule has 0 N–H and O–H groups in total. The van der Waals surface area contributed by atoms with Gasteiger partial charge < -0.3 is 4.74 Å². The molecule has 4 rings (SSSR count). The van der Waals surface area contributed by atoms with E-state index in [1.165, 1.54) is 10.1 Å². The molecule has 0 unspecified atom stereocenters. The molecule has 6 nitrogen and oxygen atoms in total.